The van der Waals surface area contributed by atoms with Crippen LogP contribution < -0.4 is 5.32 Å². The topological polar surface area (TPSA) is 56.1 Å². The molecule has 1 amide bonds. The van der Waals surface area contributed by atoms with Crippen LogP contribution in [0.3, 0.4) is 0 Å². The van der Waals surface area contributed by atoms with Crippen LogP contribution in [0, 0.1) is 11.3 Å². The highest BCUT2D eigenvalue weighted by molar-refractivity contribution is 8.00. The fourth-order valence-electron chi connectivity index (χ4n) is 2.09. The van der Waals surface area contributed by atoms with E-state index in [9.17, 15) is 4.79 Å². The van der Waals surface area contributed by atoms with Crippen LogP contribution in [-0.2, 0) is 4.79 Å². The molecule has 0 radical (unpaired) electrons. The Kier molecular flexibility index (Phi) is 6.51. The zero-order chi connectivity index (χ0) is 13.4. The number of piperidine rings is 1. The third-order valence-corrected chi connectivity index (χ3v) is 4.37. The summed E-state index contributed by atoms with van der Waals surface area (Å²) in [5.41, 5.74) is -0.526. The highest BCUT2D eigenvalue weighted by Crippen LogP contribution is 2.15. The first kappa shape index (κ1) is 15.3. The number of thioether (sulfide) groups is 1. The Morgan fingerprint density at radius 2 is 2.11 bits per heavy atom. The standard InChI is InChI=1S/C13H23N3OS/c1-3-15-13(2,10-14)11-18-9-12(17)16-7-5-4-6-8-16/h15H,3-9,11H2,1-2H3. The Morgan fingerprint density at radius 3 is 2.67 bits per heavy atom. The van der Waals surface area contributed by atoms with Gasteiger partial charge in [0.2, 0.25) is 5.91 Å². The molecule has 0 aromatic rings. The number of hydrogen-bond acceptors (Lipinski definition) is 4. The van der Waals surface area contributed by atoms with Gasteiger partial charge in [-0.25, -0.2) is 0 Å². The number of hydrogen-bond donors (Lipinski definition) is 1. The molecule has 1 aliphatic heterocycles. The second-order valence-electron chi connectivity index (χ2n) is 4.91. The van der Waals surface area contributed by atoms with Crippen molar-refractivity contribution in [1.29, 1.82) is 5.26 Å². The molecule has 1 rings (SSSR count). The van der Waals surface area contributed by atoms with E-state index in [0.717, 1.165) is 32.5 Å². The predicted octanol–water partition coefficient (Wildman–Crippen LogP) is 1.62. The summed E-state index contributed by atoms with van der Waals surface area (Å²) in [5, 5.41) is 12.3. The number of likely N-dealkylation sites (tertiary alicyclic amines) is 1. The zero-order valence-electron chi connectivity index (χ0n) is 11.4. The van der Waals surface area contributed by atoms with Gasteiger partial charge in [-0.3, -0.25) is 10.1 Å². The van der Waals surface area contributed by atoms with E-state index in [1.807, 2.05) is 18.7 Å². The lowest BCUT2D eigenvalue weighted by molar-refractivity contribution is -0.129. The smallest absolute Gasteiger partial charge is 0.232 e. The van der Waals surface area contributed by atoms with E-state index in [4.69, 9.17) is 5.26 Å². The van der Waals surface area contributed by atoms with Crippen LogP contribution in [0.5, 0.6) is 0 Å². The number of amides is 1. The molecule has 1 unspecified atom stereocenters. The Morgan fingerprint density at radius 1 is 1.44 bits per heavy atom. The molecule has 0 aliphatic carbocycles. The van der Waals surface area contributed by atoms with Gasteiger partial charge in [-0.05, 0) is 32.7 Å². The summed E-state index contributed by atoms with van der Waals surface area (Å²) in [6, 6.07) is 2.28. The molecule has 1 aliphatic rings. The molecule has 0 aromatic heterocycles. The Labute approximate surface area is 114 Å². The minimum atomic E-state index is -0.526. The lowest BCUT2D eigenvalue weighted by Gasteiger charge is -2.27. The summed E-state index contributed by atoms with van der Waals surface area (Å²) in [7, 11) is 0. The Hall–Kier alpha value is -0.730. The molecular weight excluding hydrogens is 246 g/mol. The van der Waals surface area contributed by atoms with Gasteiger partial charge in [-0.2, -0.15) is 5.26 Å². The Balaban J connectivity index is 2.28. The lowest BCUT2D eigenvalue weighted by Crippen LogP contribution is -2.44. The van der Waals surface area contributed by atoms with E-state index in [2.05, 4.69) is 11.4 Å². The monoisotopic (exact) mass is 269 g/mol. The third-order valence-electron chi connectivity index (χ3n) is 3.14. The molecule has 1 atom stereocenters. The van der Waals surface area contributed by atoms with Crippen LogP contribution >= 0.6 is 11.8 Å². The second kappa shape index (κ2) is 7.65. The average Bonchev–Trinajstić information content (AvgIpc) is 2.40. The van der Waals surface area contributed by atoms with Gasteiger partial charge in [0, 0.05) is 18.8 Å². The maximum Gasteiger partial charge on any atom is 0.232 e. The zero-order valence-corrected chi connectivity index (χ0v) is 12.2. The van der Waals surface area contributed by atoms with Gasteiger partial charge in [0.1, 0.15) is 5.54 Å². The number of nitrogens with zero attached hydrogens (tertiary/aromatic N) is 2. The van der Waals surface area contributed by atoms with Crippen molar-refractivity contribution >= 4 is 17.7 Å². The van der Waals surface area contributed by atoms with Crippen molar-refractivity contribution in [2.45, 2.75) is 38.6 Å². The van der Waals surface area contributed by atoms with Crippen molar-refractivity contribution in [1.82, 2.24) is 10.2 Å². The molecule has 0 bridgehead atoms. The van der Waals surface area contributed by atoms with Gasteiger partial charge in [0.05, 0.1) is 11.8 Å². The molecular formula is C13H23N3OS. The fourth-order valence-corrected chi connectivity index (χ4v) is 3.12. The maximum absolute atomic E-state index is 11.9. The van der Waals surface area contributed by atoms with Gasteiger partial charge in [-0.15, -0.1) is 11.8 Å². The summed E-state index contributed by atoms with van der Waals surface area (Å²) in [6.07, 6.45) is 3.50. The van der Waals surface area contributed by atoms with Gasteiger partial charge >= 0.3 is 0 Å². The molecule has 0 spiro atoms. The van der Waals surface area contributed by atoms with E-state index < -0.39 is 5.54 Å². The quantitative estimate of drug-likeness (QED) is 0.796. The lowest BCUT2D eigenvalue weighted by atomic mass is 10.1. The molecule has 102 valence electrons. The average molecular weight is 269 g/mol. The third kappa shape index (κ3) is 4.87. The van der Waals surface area contributed by atoms with Crippen LogP contribution in [0.2, 0.25) is 0 Å². The number of nitriles is 1. The highest BCUT2D eigenvalue weighted by Gasteiger charge is 2.23. The van der Waals surface area contributed by atoms with Crippen LogP contribution in [0.1, 0.15) is 33.1 Å². The summed E-state index contributed by atoms with van der Waals surface area (Å²) in [6.45, 7) is 6.45. The number of carbonyl (C=O) groups is 1. The van der Waals surface area contributed by atoms with Crippen molar-refractivity contribution in [2.24, 2.45) is 0 Å². The minimum absolute atomic E-state index is 0.219. The van der Waals surface area contributed by atoms with Crippen molar-refractivity contribution in [3.63, 3.8) is 0 Å². The van der Waals surface area contributed by atoms with E-state index >= 15 is 0 Å². The first-order valence-electron chi connectivity index (χ1n) is 6.63. The van der Waals surface area contributed by atoms with Crippen molar-refractivity contribution in [2.75, 3.05) is 31.1 Å². The van der Waals surface area contributed by atoms with Crippen LogP contribution in [0.15, 0.2) is 0 Å². The molecule has 1 saturated heterocycles. The largest absolute Gasteiger partial charge is 0.342 e. The molecule has 0 saturated carbocycles. The second-order valence-corrected chi connectivity index (χ2v) is 5.89. The molecule has 1 N–H and O–H groups in total. The van der Waals surface area contributed by atoms with Gasteiger partial charge in [0.25, 0.3) is 0 Å². The van der Waals surface area contributed by atoms with Crippen LogP contribution in [-0.4, -0.2) is 47.5 Å². The van der Waals surface area contributed by atoms with E-state index in [-0.39, 0.29) is 5.91 Å². The van der Waals surface area contributed by atoms with E-state index in [1.165, 1.54) is 6.42 Å². The first-order valence-corrected chi connectivity index (χ1v) is 7.78. The molecule has 1 heterocycles. The number of rotatable bonds is 6. The van der Waals surface area contributed by atoms with Crippen molar-refractivity contribution in [3.8, 4) is 6.07 Å². The minimum Gasteiger partial charge on any atom is -0.342 e. The summed E-state index contributed by atoms with van der Waals surface area (Å²) in [5.74, 6) is 1.36. The van der Waals surface area contributed by atoms with Crippen LogP contribution in [0.4, 0.5) is 0 Å². The molecule has 1 fully saturated rings. The summed E-state index contributed by atoms with van der Waals surface area (Å²) in [4.78, 5) is 13.9. The summed E-state index contributed by atoms with van der Waals surface area (Å²) >= 11 is 1.55. The van der Waals surface area contributed by atoms with Crippen molar-refractivity contribution in [3.05, 3.63) is 0 Å². The van der Waals surface area contributed by atoms with Crippen LogP contribution in [0.25, 0.3) is 0 Å². The van der Waals surface area contributed by atoms with E-state index in [1.54, 1.807) is 11.8 Å². The fraction of sp³-hybridized carbons (Fsp3) is 0.846. The first-order chi connectivity index (χ1) is 8.61. The number of carbonyl (C=O) groups excluding carboxylic acids is 1. The maximum atomic E-state index is 11.9. The van der Waals surface area contributed by atoms with Gasteiger partial charge in [-0.1, -0.05) is 6.92 Å². The number of nitrogens with one attached hydrogen (secondary N) is 1. The predicted molar refractivity (Wildman–Crippen MR) is 75.5 cm³/mol. The Bertz CT molecular complexity index is 310. The molecule has 0 aromatic carbocycles. The molecule has 5 heteroatoms. The summed E-state index contributed by atoms with van der Waals surface area (Å²) < 4.78 is 0. The molecule has 4 nitrogen and oxygen atoms in total. The SMILES string of the molecule is CCNC(C)(C#N)CSCC(=O)N1CCCCC1. The van der Waals surface area contributed by atoms with Gasteiger partial charge in [0.15, 0.2) is 0 Å². The molecule has 18 heavy (non-hydrogen) atoms. The normalized spacial score (nSPS) is 19.1. The van der Waals surface area contributed by atoms with Gasteiger partial charge < -0.3 is 4.90 Å². The van der Waals surface area contributed by atoms with Crippen molar-refractivity contribution < 1.29 is 4.79 Å². The van der Waals surface area contributed by atoms with E-state index in [0.29, 0.717) is 11.5 Å². The highest BCUT2D eigenvalue weighted by atomic mass is 32.2.